The molecule has 0 bridgehead atoms. The third kappa shape index (κ3) is 4.25. The van der Waals surface area contributed by atoms with Crippen molar-refractivity contribution in [3.63, 3.8) is 0 Å². The molecule has 1 atom stereocenters. The van der Waals surface area contributed by atoms with Crippen LogP contribution in [0.1, 0.15) is 19.8 Å². The molecule has 1 unspecified atom stereocenters. The van der Waals surface area contributed by atoms with Crippen LogP contribution in [0.4, 0.5) is 0 Å². The van der Waals surface area contributed by atoms with Crippen molar-refractivity contribution in [1.82, 2.24) is 9.80 Å². The first-order chi connectivity index (χ1) is 9.19. The summed E-state index contributed by atoms with van der Waals surface area (Å²) in [7, 11) is 2.20. The van der Waals surface area contributed by atoms with E-state index in [4.69, 9.17) is 10.5 Å². The molecule has 2 N–H and O–H groups in total. The minimum Gasteiger partial charge on any atom is -0.496 e. The molecule has 108 valence electrons. The first-order valence-electron chi connectivity index (χ1n) is 7.39. The lowest BCUT2D eigenvalue weighted by atomic mass is 9.94. The maximum atomic E-state index is 5.93. The number of ether oxygens (including phenoxy) is 1. The quantitative estimate of drug-likeness (QED) is 0.816. The van der Waals surface area contributed by atoms with Crippen molar-refractivity contribution in [1.29, 1.82) is 0 Å². The molecule has 0 aromatic rings. The van der Waals surface area contributed by atoms with Crippen LogP contribution in [-0.2, 0) is 4.74 Å². The summed E-state index contributed by atoms with van der Waals surface area (Å²) in [6.07, 6.45) is 6.42. The van der Waals surface area contributed by atoms with Gasteiger partial charge in [-0.15, -0.1) is 0 Å². The molecule has 0 saturated carbocycles. The lowest BCUT2D eigenvalue weighted by molar-refractivity contribution is 0.146. The molecule has 1 aliphatic heterocycles. The van der Waals surface area contributed by atoms with E-state index in [1.165, 1.54) is 39.1 Å². The lowest BCUT2D eigenvalue weighted by Gasteiger charge is -2.33. The van der Waals surface area contributed by atoms with Gasteiger partial charge in [0.05, 0.1) is 12.3 Å². The van der Waals surface area contributed by atoms with Gasteiger partial charge in [0, 0.05) is 32.6 Å². The molecule has 4 heteroatoms. The van der Waals surface area contributed by atoms with Crippen LogP contribution in [0, 0.1) is 5.92 Å². The average Bonchev–Trinajstić information content (AvgIpc) is 2.42. The van der Waals surface area contributed by atoms with Crippen LogP contribution < -0.4 is 5.73 Å². The minimum atomic E-state index is 0.577. The Bertz CT molecular complexity index is 343. The molecular weight excluding hydrogens is 238 g/mol. The number of likely N-dealkylation sites (N-methyl/N-ethyl adjacent to an activating group) is 1. The SMILES string of the molecule is CCOC1=C(N)C=CC(CCN2CCN(C)CC2)C1. The highest BCUT2D eigenvalue weighted by molar-refractivity contribution is 5.24. The van der Waals surface area contributed by atoms with Crippen molar-refractivity contribution in [3.05, 3.63) is 23.6 Å². The Morgan fingerprint density at radius 1 is 1.32 bits per heavy atom. The maximum Gasteiger partial charge on any atom is 0.119 e. The summed E-state index contributed by atoms with van der Waals surface area (Å²) in [5.41, 5.74) is 6.74. The van der Waals surface area contributed by atoms with E-state index in [1.807, 2.05) is 13.0 Å². The highest BCUT2D eigenvalue weighted by Gasteiger charge is 2.19. The van der Waals surface area contributed by atoms with Crippen molar-refractivity contribution in [2.24, 2.45) is 11.7 Å². The zero-order chi connectivity index (χ0) is 13.7. The van der Waals surface area contributed by atoms with Crippen molar-refractivity contribution in [3.8, 4) is 0 Å². The lowest BCUT2D eigenvalue weighted by Crippen LogP contribution is -2.44. The van der Waals surface area contributed by atoms with Gasteiger partial charge in [0.15, 0.2) is 0 Å². The predicted molar refractivity (Wildman–Crippen MR) is 78.6 cm³/mol. The number of piperazine rings is 1. The van der Waals surface area contributed by atoms with Crippen LogP contribution in [0.5, 0.6) is 0 Å². The van der Waals surface area contributed by atoms with Gasteiger partial charge in [-0.25, -0.2) is 0 Å². The Morgan fingerprint density at radius 2 is 2.05 bits per heavy atom. The van der Waals surface area contributed by atoms with Crippen molar-refractivity contribution < 1.29 is 4.74 Å². The molecule has 0 spiro atoms. The summed E-state index contributed by atoms with van der Waals surface area (Å²) in [4.78, 5) is 4.96. The van der Waals surface area contributed by atoms with Gasteiger partial charge in [-0.3, -0.25) is 0 Å². The summed E-state index contributed by atoms with van der Waals surface area (Å²) in [6, 6.07) is 0. The van der Waals surface area contributed by atoms with Gasteiger partial charge in [0.1, 0.15) is 5.76 Å². The van der Waals surface area contributed by atoms with E-state index in [1.54, 1.807) is 0 Å². The normalized spacial score (nSPS) is 25.9. The van der Waals surface area contributed by atoms with Crippen LogP contribution in [0.25, 0.3) is 0 Å². The number of allylic oxidation sites excluding steroid dienone is 3. The monoisotopic (exact) mass is 265 g/mol. The summed E-state index contributed by atoms with van der Waals surface area (Å²) in [5, 5.41) is 0. The second-order valence-electron chi connectivity index (χ2n) is 5.57. The van der Waals surface area contributed by atoms with E-state index in [2.05, 4.69) is 22.9 Å². The first kappa shape index (κ1) is 14.4. The summed E-state index contributed by atoms with van der Waals surface area (Å²) >= 11 is 0. The number of rotatable bonds is 5. The largest absolute Gasteiger partial charge is 0.496 e. The van der Waals surface area contributed by atoms with Crippen molar-refractivity contribution in [2.45, 2.75) is 19.8 Å². The summed E-state index contributed by atoms with van der Waals surface area (Å²) in [5.74, 6) is 1.56. The van der Waals surface area contributed by atoms with E-state index < -0.39 is 0 Å². The molecule has 4 nitrogen and oxygen atoms in total. The van der Waals surface area contributed by atoms with Crippen LogP contribution in [0.3, 0.4) is 0 Å². The second kappa shape index (κ2) is 6.96. The molecule has 0 amide bonds. The molecule has 1 aliphatic carbocycles. The van der Waals surface area contributed by atoms with Gasteiger partial charge in [-0.05, 0) is 38.9 Å². The highest BCUT2D eigenvalue weighted by atomic mass is 16.5. The molecule has 2 rings (SSSR count). The molecule has 19 heavy (non-hydrogen) atoms. The number of nitrogens with zero attached hydrogens (tertiary/aromatic N) is 2. The zero-order valence-electron chi connectivity index (χ0n) is 12.3. The smallest absolute Gasteiger partial charge is 0.119 e. The zero-order valence-corrected chi connectivity index (χ0v) is 12.3. The Kier molecular flexibility index (Phi) is 5.28. The fourth-order valence-corrected chi connectivity index (χ4v) is 2.69. The molecule has 1 saturated heterocycles. The number of hydrogen-bond donors (Lipinski definition) is 1. The Morgan fingerprint density at radius 3 is 2.74 bits per heavy atom. The third-order valence-corrected chi connectivity index (χ3v) is 4.05. The fraction of sp³-hybridized carbons (Fsp3) is 0.733. The minimum absolute atomic E-state index is 0.577. The predicted octanol–water partition coefficient (Wildman–Crippen LogP) is 1.41. The average molecular weight is 265 g/mol. The van der Waals surface area contributed by atoms with Gasteiger partial charge >= 0.3 is 0 Å². The van der Waals surface area contributed by atoms with E-state index in [0.29, 0.717) is 12.5 Å². The fourth-order valence-electron chi connectivity index (χ4n) is 2.69. The van der Waals surface area contributed by atoms with E-state index in [0.717, 1.165) is 17.9 Å². The van der Waals surface area contributed by atoms with Crippen LogP contribution >= 0.6 is 0 Å². The van der Waals surface area contributed by atoms with Crippen molar-refractivity contribution in [2.75, 3.05) is 46.4 Å². The van der Waals surface area contributed by atoms with Crippen LogP contribution in [0.15, 0.2) is 23.6 Å². The number of hydrogen-bond acceptors (Lipinski definition) is 4. The molecule has 1 heterocycles. The molecule has 1 fully saturated rings. The Hall–Kier alpha value is -1.00. The standard InChI is InChI=1S/C15H27N3O/c1-3-19-15-12-13(4-5-14(15)16)6-7-18-10-8-17(2)9-11-18/h4-5,13H,3,6-12,16H2,1-2H3. The molecule has 0 radical (unpaired) electrons. The molecule has 0 aromatic heterocycles. The molecule has 2 aliphatic rings. The van der Waals surface area contributed by atoms with Crippen LogP contribution in [0.2, 0.25) is 0 Å². The number of nitrogens with two attached hydrogens (primary N) is 1. The maximum absolute atomic E-state index is 5.93. The Balaban J connectivity index is 1.74. The van der Waals surface area contributed by atoms with Crippen LogP contribution in [-0.4, -0.2) is 56.2 Å². The third-order valence-electron chi connectivity index (χ3n) is 4.05. The van der Waals surface area contributed by atoms with Crippen molar-refractivity contribution >= 4 is 0 Å². The van der Waals surface area contributed by atoms with Gasteiger partial charge in [-0.1, -0.05) is 6.08 Å². The summed E-state index contributed by atoms with van der Waals surface area (Å²) < 4.78 is 5.61. The molecule has 0 aromatic carbocycles. The highest BCUT2D eigenvalue weighted by Crippen LogP contribution is 2.25. The van der Waals surface area contributed by atoms with E-state index >= 15 is 0 Å². The second-order valence-corrected chi connectivity index (χ2v) is 5.57. The van der Waals surface area contributed by atoms with E-state index in [9.17, 15) is 0 Å². The Labute approximate surface area is 116 Å². The van der Waals surface area contributed by atoms with Gasteiger partial charge in [-0.2, -0.15) is 0 Å². The van der Waals surface area contributed by atoms with Gasteiger partial charge < -0.3 is 20.3 Å². The first-order valence-corrected chi connectivity index (χ1v) is 7.39. The van der Waals surface area contributed by atoms with E-state index in [-0.39, 0.29) is 0 Å². The summed E-state index contributed by atoms with van der Waals surface area (Å²) in [6.45, 7) is 8.68. The molecular formula is C15H27N3O. The topological polar surface area (TPSA) is 41.7 Å². The van der Waals surface area contributed by atoms with Gasteiger partial charge in [0.2, 0.25) is 0 Å². The van der Waals surface area contributed by atoms with Gasteiger partial charge in [0.25, 0.3) is 0 Å².